The van der Waals surface area contributed by atoms with E-state index < -0.39 is 0 Å². The van der Waals surface area contributed by atoms with Crippen molar-refractivity contribution >= 4 is 12.4 Å². The number of nitrogens with zero attached hydrogens (tertiary/aromatic N) is 2. The maximum absolute atomic E-state index is 12.9. The first-order valence-corrected chi connectivity index (χ1v) is 6.14. The van der Waals surface area contributed by atoms with Crippen LogP contribution in [0.3, 0.4) is 0 Å². The van der Waals surface area contributed by atoms with Gasteiger partial charge in [-0.1, -0.05) is 0 Å². The Hall–Kier alpha value is -1.39. The molecule has 1 aromatic heterocycles. The Labute approximate surface area is 119 Å². The summed E-state index contributed by atoms with van der Waals surface area (Å²) in [6, 6.07) is 8.59. The van der Waals surface area contributed by atoms with Crippen LogP contribution in [0.25, 0.3) is 11.3 Å². The van der Waals surface area contributed by atoms with E-state index in [0.29, 0.717) is 0 Å². The summed E-state index contributed by atoms with van der Waals surface area (Å²) in [4.78, 5) is 0. The van der Waals surface area contributed by atoms with Crippen LogP contribution in [0, 0.1) is 5.82 Å². The third-order valence-electron chi connectivity index (χ3n) is 2.93. The molecule has 3 nitrogen and oxygen atoms in total. The van der Waals surface area contributed by atoms with Gasteiger partial charge in [-0.3, -0.25) is 4.68 Å². The number of hydrogen-bond acceptors (Lipinski definition) is 2. The molecule has 0 amide bonds. The van der Waals surface area contributed by atoms with Gasteiger partial charge in [-0.25, -0.2) is 4.39 Å². The van der Waals surface area contributed by atoms with Gasteiger partial charge in [-0.05, 0) is 62.3 Å². The van der Waals surface area contributed by atoms with Crippen LogP contribution in [0.4, 0.5) is 4.39 Å². The van der Waals surface area contributed by atoms with Gasteiger partial charge in [0.25, 0.3) is 0 Å². The second-order valence-electron chi connectivity index (χ2n) is 4.36. The quantitative estimate of drug-likeness (QED) is 0.855. The van der Waals surface area contributed by atoms with Crippen molar-refractivity contribution in [2.45, 2.75) is 12.8 Å². The Morgan fingerprint density at radius 1 is 1.26 bits per heavy atom. The van der Waals surface area contributed by atoms with E-state index in [9.17, 15) is 4.39 Å². The molecule has 0 unspecified atom stereocenters. The molecule has 0 aliphatic rings. The molecule has 1 N–H and O–H groups in total. The van der Waals surface area contributed by atoms with Crippen LogP contribution < -0.4 is 5.32 Å². The Morgan fingerprint density at radius 2 is 1.95 bits per heavy atom. The SMILES string of the molecule is CNCCCc1cc(-c2ccc(F)cc2)n(C)n1.Cl. The number of benzene rings is 1. The predicted molar refractivity (Wildman–Crippen MR) is 78.1 cm³/mol. The lowest BCUT2D eigenvalue weighted by Gasteiger charge is -2.00. The highest BCUT2D eigenvalue weighted by Crippen LogP contribution is 2.20. The average molecular weight is 284 g/mol. The van der Waals surface area contributed by atoms with Gasteiger partial charge >= 0.3 is 0 Å². The van der Waals surface area contributed by atoms with Crippen LogP contribution in [-0.2, 0) is 13.5 Å². The Kier molecular flexibility index (Phi) is 5.99. The van der Waals surface area contributed by atoms with Crippen LogP contribution >= 0.6 is 12.4 Å². The maximum Gasteiger partial charge on any atom is 0.123 e. The van der Waals surface area contributed by atoms with Crippen LogP contribution in [0.1, 0.15) is 12.1 Å². The summed E-state index contributed by atoms with van der Waals surface area (Å²) in [6.07, 6.45) is 2.02. The summed E-state index contributed by atoms with van der Waals surface area (Å²) in [7, 11) is 3.86. The smallest absolute Gasteiger partial charge is 0.123 e. The van der Waals surface area contributed by atoms with Crippen molar-refractivity contribution in [2.75, 3.05) is 13.6 Å². The Bertz CT molecular complexity index is 508. The Morgan fingerprint density at radius 3 is 2.58 bits per heavy atom. The molecule has 1 aromatic carbocycles. The molecule has 0 saturated carbocycles. The first-order valence-electron chi connectivity index (χ1n) is 6.14. The molecular formula is C14H19ClFN3. The summed E-state index contributed by atoms with van der Waals surface area (Å²) in [5, 5.41) is 7.60. The molecule has 5 heteroatoms. The molecule has 0 spiro atoms. The van der Waals surface area contributed by atoms with Gasteiger partial charge in [0.2, 0.25) is 0 Å². The van der Waals surface area contributed by atoms with Crippen molar-refractivity contribution in [2.24, 2.45) is 7.05 Å². The fourth-order valence-corrected chi connectivity index (χ4v) is 1.99. The lowest BCUT2D eigenvalue weighted by Crippen LogP contribution is -2.08. The maximum atomic E-state index is 12.9. The number of nitrogens with one attached hydrogen (secondary N) is 1. The van der Waals surface area contributed by atoms with Gasteiger partial charge in [0, 0.05) is 7.05 Å². The molecule has 0 bridgehead atoms. The topological polar surface area (TPSA) is 29.9 Å². The minimum Gasteiger partial charge on any atom is -0.320 e. The summed E-state index contributed by atoms with van der Waals surface area (Å²) in [6.45, 7) is 0.989. The van der Waals surface area contributed by atoms with Crippen molar-refractivity contribution in [3.8, 4) is 11.3 Å². The van der Waals surface area contributed by atoms with Crippen LogP contribution in [0.15, 0.2) is 30.3 Å². The number of aryl methyl sites for hydroxylation is 2. The van der Waals surface area contributed by atoms with Crippen molar-refractivity contribution in [3.05, 3.63) is 41.8 Å². The van der Waals surface area contributed by atoms with E-state index in [-0.39, 0.29) is 18.2 Å². The lowest BCUT2D eigenvalue weighted by molar-refractivity contribution is 0.628. The number of rotatable bonds is 5. The van der Waals surface area contributed by atoms with E-state index in [4.69, 9.17) is 0 Å². The zero-order valence-corrected chi connectivity index (χ0v) is 12.0. The molecule has 19 heavy (non-hydrogen) atoms. The van der Waals surface area contributed by atoms with Gasteiger partial charge in [0.15, 0.2) is 0 Å². The average Bonchev–Trinajstić information content (AvgIpc) is 2.72. The monoisotopic (exact) mass is 283 g/mol. The minimum atomic E-state index is -0.213. The van der Waals surface area contributed by atoms with Gasteiger partial charge in [-0.15, -0.1) is 12.4 Å². The van der Waals surface area contributed by atoms with Gasteiger partial charge in [0.05, 0.1) is 11.4 Å². The van der Waals surface area contributed by atoms with Crippen LogP contribution in [0.5, 0.6) is 0 Å². The Balaban J connectivity index is 0.00000180. The second-order valence-corrected chi connectivity index (χ2v) is 4.36. The third-order valence-corrected chi connectivity index (χ3v) is 2.93. The lowest BCUT2D eigenvalue weighted by atomic mass is 10.1. The van der Waals surface area contributed by atoms with Crippen molar-refractivity contribution in [1.82, 2.24) is 15.1 Å². The molecule has 0 aliphatic carbocycles. The van der Waals surface area contributed by atoms with E-state index in [1.165, 1.54) is 12.1 Å². The third kappa shape index (κ3) is 4.04. The number of aromatic nitrogens is 2. The minimum absolute atomic E-state index is 0. The zero-order chi connectivity index (χ0) is 13.0. The van der Waals surface area contributed by atoms with Crippen molar-refractivity contribution in [1.29, 1.82) is 0 Å². The molecular weight excluding hydrogens is 265 g/mol. The normalized spacial score (nSPS) is 10.3. The molecule has 0 radical (unpaired) electrons. The van der Waals surface area contributed by atoms with Gasteiger partial charge in [0.1, 0.15) is 5.82 Å². The highest BCUT2D eigenvalue weighted by molar-refractivity contribution is 5.85. The molecule has 0 fully saturated rings. The largest absolute Gasteiger partial charge is 0.320 e. The predicted octanol–water partition coefficient (Wildman–Crippen LogP) is 2.80. The molecule has 2 aromatic rings. The first-order chi connectivity index (χ1) is 8.70. The summed E-state index contributed by atoms with van der Waals surface area (Å²) in [5.41, 5.74) is 3.09. The molecule has 2 rings (SSSR count). The molecule has 104 valence electrons. The fourth-order valence-electron chi connectivity index (χ4n) is 1.99. The molecule has 0 saturated heterocycles. The van der Waals surface area contributed by atoms with E-state index in [2.05, 4.69) is 16.5 Å². The summed E-state index contributed by atoms with van der Waals surface area (Å²) in [5.74, 6) is -0.213. The molecule has 0 aliphatic heterocycles. The second kappa shape index (κ2) is 7.26. The fraction of sp³-hybridized carbons (Fsp3) is 0.357. The van der Waals surface area contributed by atoms with E-state index in [0.717, 1.165) is 36.3 Å². The van der Waals surface area contributed by atoms with Crippen LogP contribution in [-0.4, -0.2) is 23.4 Å². The van der Waals surface area contributed by atoms with Gasteiger partial charge < -0.3 is 5.32 Å². The zero-order valence-electron chi connectivity index (χ0n) is 11.2. The first kappa shape index (κ1) is 15.7. The summed E-state index contributed by atoms with van der Waals surface area (Å²) >= 11 is 0. The number of hydrogen-bond donors (Lipinski definition) is 1. The van der Waals surface area contributed by atoms with Crippen LogP contribution in [0.2, 0.25) is 0 Å². The van der Waals surface area contributed by atoms with E-state index in [1.54, 1.807) is 12.1 Å². The number of halogens is 2. The standard InChI is InChI=1S/C14H18FN3.ClH/c1-16-9-3-4-13-10-14(18(2)17-13)11-5-7-12(15)8-6-11;/h5-8,10,16H,3-4,9H2,1-2H3;1H. The molecule has 1 heterocycles. The van der Waals surface area contributed by atoms with Crippen molar-refractivity contribution < 1.29 is 4.39 Å². The summed E-state index contributed by atoms with van der Waals surface area (Å²) < 4.78 is 14.7. The molecule has 0 atom stereocenters. The highest BCUT2D eigenvalue weighted by atomic mass is 35.5. The van der Waals surface area contributed by atoms with E-state index in [1.807, 2.05) is 18.8 Å². The van der Waals surface area contributed by atoms with Gasteiger partial charge in [-0.2, -0.15) is 5.10 Å². The van der Waals surface area contributed by atoms with E-state index >= 15 is 0 Å². The highest BCUT2D eigenvalue weighted by Gasteiger charge is 2.07. The van der Waals surface area contributed by atoms with Crippen molar-refractivity contribution in [3.63, 3.8) is 0 Å².